The molecule has 0 aliphatic carbocycles. The molecular weight excluding hydrogens is 484 g/mol. The number of aromatic nitrogens is 2. The summed E-state index contributed by atoms with van der Waals surface area (Å²) in [5.74, 6) is 0.294. The van der Waals surface area contributed by atoms with Gasteiger partial charge in [0.05, 0.1) is 28.2 Å². The molecule has 0 spiro atoms. The highest BCUT2D eigenvalue weighted by atomic mass is 19.4. The van der Waals surface area contributed by atoms with Crippen molar-refractivity contribution in [3.05, 3.63) is 76.7 Å². The van der Waals surface area contributed by atoms with Crippen LogP contribution >= 0.6 is 0 Å². The van der Waals surface area contributed by atoms with Crippen LogP contribution in [0, 0.1) is 0 Å². The van der Waals surface area contributed by atoms with Gasteiger partial charge in [-0.15, -0.1) is 0 Å². The molecule has 11 heteroatoms. The van der Waals surface area contributed by atoms with Crippen molar-refractivity contribution < 1.29 is 26.3 Å². The first-order valence-corrected chi connectivity index (χ1v) is 11.4. The second-order valence-electron chi connectivity index (χ2n) is 8.75. The molecule has 36 heavy (non-hydrogen) atoms. The molecule has 0 atom stereocenters. The SMILES string of the molecule is FC(F)(F)c1ccc(Nc2cc(CN3CCC3)nc3c2CCC(c2ncccc2C(F)(F)F)=N3)cc1. The van der Waals surface area contributed by atoms with E-state index in [1.54, 1.807) is 0 Å². The molecule has 188 valence electrons. The van der Waals surface area contributed by atoms with Crippen LogP contribution in [-0.4, -0.2) is 33.7 Å². The number of hydrogen-bond donors (Lipinski definition) is 1. The summed E-state index contributed by atoms with van der Waals surface area (Å²) in [4.78, 5) is 15.2. The van der Waals surface area contributed by atoms with Crippen LogP contribution in [0.3, 0.4) is 0 Å². The Labute approximate surface area is 202 Å². The third kappa shape index (κ3) is 5.06. The summed E-state index contributed by atoms with van der Waals surface area (Å²) in [6, 6.07) is 8.71. The molecule has 0 saturated carbocycles. The van der Waals surface area contributed by atoms with Crippen molar-refractivity contribution >= 4 is 22.9 Å². The highest BCUT2D eigenvalue weighted by Gasteiger charge is 2.36. The first kappa shape index (κ1) is 24.2. The third-order valence-electron chi connectivity index (χ3n) is 6.22. The van der Waals surface area contributed by atoms with Gasteiger partial charge in [0, 0.05) is 29.7 Å². The molecule has 1 fully saturated rings. The van der Waals surface area contributed by atoms with E-state index in [0.717, 1.165) is 37.7 Å². The molecule has 0 bridgehead atoms. The highest BCUT2D eigenvalue weighted by Crippen LogP contribution is 2.38. The third-order valence-corrected chi connectivity index (χ3v) is 6.22. The standard InChI is InChI=1S/C25H21F6N5/c26-24(27,28)15-4-6-16(7-5-15)33-21-13-17(14-36-11-2-12-36)34-23-18(21)8-9-20(35-23)22-19(25(29,30)31)3-1-10-32-22/h1,3-7,10,13H,2,8-9,11-12,14H2,(H,33,34). The maximum atomic E-state index is 13.6. The molecule has 0 radical (unpaired) electrons. The number of benzene rings is 1. The Balaban J connectivity index is 1.53. The lowest BCUT2D eigenvalue weighted by molar-refractivity contribution is -0.138. The minimum Gasteiger partial charge on any atom is -0.355 e. The minimum absolute atomic E-state index is 0.199. The largest absolute Gasteiger partial charge is 0.418 e. The number of nitrogens with one attached hydrogen (secondary N) is 1. The number of rotatable bonds is 5. The molecule has 3 aromatic rings. The van der Waals surface area contributed by atoms with Crippen molar-refractivity contribution in [2.75, 3.05) is 18.4 Å². The summed E-state index contributed by atoms with van der Waals surface area (Å²) in [6.07, 6.45) is -6.08. The van der Waals surface area contributed by atoms with Crippen LogP contribution in [-0.2, 0) is 25.3 Å². The van der Waals surface area contributed by atoms with Crippen LogP contribution in [0.5, 0.6) is 0 Å². The summed E-state index contributed by atoms with van der Waals surface area (Å²) in [5.41, 5.74) is 0.800. The zero-order chi connectivity index (χ0) is 25.5. The van der Waals surface area contributed by atoms with E-state index in [0.29, 0.717) is 41.4 Å². The lowest BCUT2D eigenvalue weighted by Crippen LogP contribution is -2.36. The average molecular weight is 505 g/mol. The Morgan fingerprint density at radius 1 is 0.917 bits per heavy atom. The van der Waals surface area contributed by atoms with Crippen molar-refractivity contribution in [3.63, 3.8) is 0 Å². The number of aliphatic imine (C=N–C) groups is 1. The number of fused-ring (bicyclic) bond motifs is 1. The van der Waals surface area contributed by atoms with Gasteiger partial charge < -0.3 is 5.32 Å². The Bertz CT molecular complexity index is 1290. The van der Waals surface area contributed by atoms with Crippen LogP contribution < -0.4 is 5.32 Å². The van der Waals surface area contributed by atoms with Crippen LogP contribution in [0.25, 0.3) is 0 Å². The highest BCUT2D eigenvalue weighted by molar-refractivity contribution is 6.03. The number of hydrogen-bond acceptors (Lipinski definition) is 5. The number of likely N-dealkylation sites (tertiary alicyclic amines) is 1. The first-order valence-electron chi connectivity index (χ1n) is 11.4. The van der Waals surface area contributed by atoms with Gasteiger partial charge in [0.2, 0.25) is 0 Å². The maximum absolute atomic E-state index is 13.6. The Kier molecular flexibility index (Phi) is 6.19. The number of nitrogens with zero attached hydrogens (tertiary/aromatic N) is 4. The molecule has 2 aromatic heterocycles. The summed E-state index contributed by atoms with van der Waals surface area (Å²) < 4.78 is 79.5. The van der Waals surface area contributed by atoms with Gasteiger partial charge in [0.25, 0.3) is 0 Å². The lowest BCUT2D eigenvalue weighted by Gasteiger charge is -2.30. The topological polar surface area (TPSA) is 53.4 Å². The fraction of sp³-hybridized carbons (Fsp3) is 0.320. The summed E-state index contributed by atoms with van der Waals surface area (Å²) >= 11 is 0. The number of alkyl halides is 6. The van der Waals surface area contributed by atoms with Gasteiger partial charge in [0.15, 0.2) is 5.82 Å². The van der Waals surface area contributed by atoms with Gasteiger partial charge in [-0.1, -0.05) is 0 Å². The Hall–Kier alpha value is -3.47. The van der Waals surface area contributed by atoms with E-state index in [2.05, 4.69) is 25.2 Å². The molecule has 5 nitrogen and oxygen atoms in total. The average Bonchev–Trinajstić information content (AvgIpc) is 2.80. The van der Waals surface area contributed by atoms with Gasteiger partial charge in [0.1, 0.15) is 0 Å². The van der Waals surface area contributed by atoms with E-state index in [1.165, 1.54) is 24.4 Å². The van der Waals surface area contributed by atoms with Crippen molar-refractivity contribution in [2.24, 2.45) is 4.99 Å². The molecular formula is C25H21F6N5. The van der Waals surface area contributed by atoms with Crippen LogP contribution in [0.15, 0.2) is 53.7 Å². The molecule has 5 rings (SSSR count). The quantitative estimate of drug-likeness (QED) is 0.401. The maximum Gasteiger partial charge on any atom is 0.418 e. The molecule has 4 heterocycles. The number of halogens is 6. The molecule has 2 aliphatic rings. The lowest BCUT2D eigenvalue weighted by atomic mass is 9.97. The van der Waals surface area contributed by atoms with Crippen molar-refractivity contribution in [1.29, 1.82) is 0 Å². The Morgan fingerprint density at radius 3 is 2.31 bits per heavy atom. The number of pyridine rings is 2. The number of anilines is 2. The summed E-state index contributed by atoms with van der Waals surface area (Å²) in [5, 5.41) is 3.16. The van der Waals surface area contributed by atoms with Crippen molar-refractivity contribution in [3.8, 4) is 0 Å². The van der Waals surface area contributed by atoms with Gasteiger partial charge in [-0.3, -0.25) is 9.88 Å². The van der Waals surface area contributed by atoms with Crippen LogP contribution in [0.1, 0.15) is 40.9 Å². The second kappa shape index (κ2) is 9.20. The first-order chi connectivity index (χ1) is 17.1. The van der Waals surface area contributed by atoms with Gasteiger partial charge in [-0.25, -0.2) is 9.98 Å². The van der Waals surface area contributed by atoms with Crippen LogP contribution in [0.2, 0.25) is 0 Å². The monoisotopic (exact) mass is 505 g/mol. The van der Waals surface area contributed by atoms with E-state index < -0.39 is 23.5 Å². The molecule has 2 aliphatic heterocycles. The second-order valence-corrected chi connectivity index (χ2v) is 8.75. The molecule has 1 saturated heterocycles. The van der Waals surface area contributed by atoms with E-state index in [4.69, 9.17) is 0 Å². The predicted molar refractivity (Wildman–Crippen MR) is 123 cm³/mol. The van der Waals surface area contributed by atoms with E-state index in [9.17, 15) is 26.3 Å². The van der Waals surface area contributed by atoms with E-state index in [1.807, 2.05) is 6.07 Å². The predicted octanol–water partition coefficient (Wildman–Crippen LogP) is 6.53. The molecule has 0 unspecified atom stereocenters. The fourth-order valence-corrected chi connectivity index (χ4v) is 4.27. The molecule has 1 N–H and O–H groups in total. The van der Waals surface area contributed by atoms with Crippen molar-refractivity contribution in [1.82, 2.24) is 14.9 Å². The van der Waals surface area contributed by atoms with Crippen LogP contribution in [0.4, 0.5) is 43.5 Å². The Morgan fingerprint density at radius 2 is 1.67 bits per heavy atom. The van der Waals surface area contributed by atoms with Gasteiger partial charge in [-0.2, -0.15) is 26.3 Å². The van der Waals surface area contributed by atoms with E-state index in [-0.39, 0.29) is 17.8 Å². The van der Waals surface area contributed by atoms with E-state index >= 15 is 0 Å². The summed E-state index contributed by atoms with van der Waals surface area (Å²) in [6.45, 7) is 2.37. The minimum atomic E-state index is -4.57. The zero-order valence-electron chi connectivity index (χ0n) is 18.9. The summed E-state index contributed by atoms with van der Waals surface area (Å²) in [7, 11) is 0. The molecule has 0 amide bonds. The fourth-order valence-electron chi connectivity index (χ4n) is 4.27. The zero-order valence-corrected chi connectivity index (χ0v) is 18.9. The van der Waals surface area contributed by atoms with Crippen molar-refractivity contribution in [2.45, 2.75) is 38.2 Å². The van der Waals surface area contributed by atoms with Gasteiger partial charge in [-0.05, 0) is 74.8 Å². The molecule has 1 aromatic carbocycles. The normalized spacial score (nSPS) is 16.2. The van der Waals surface area contributed by atoms with Gasteiger partial charge >= 0.3 is 12.4 Å². The smallest absolute Gasteiger partial charge is 0.355 e.